The molecule has 158 valence electrons. The van der Waals surface area contributed by atoms with E-state index in [0.717, 1.165) is 43.8 Å². The van der Waals surface area contributed by atoms with Crippen molar-refractivity contribution in [2.75, 3.05) is 26.2 Å². The van der Waals surface area contributed by atoms with E-state index in [1.807, 2.05) is 0 Å². The molecule has 0 unspecified atom stereocenters. The van der Waals surface area contributed by atoms with Crippen molar-refractivity contribution in [2.45, 2.75) is 19.2 Å². The number of piperazine rings is 1. The van der Waals surface area contributed by atoms with Crippen LogP contribution in [-0.4, -0.2) is 51.1 Å². The van der Waals surface area contributed by atoms with Crippen LogP contribution >= 0.6 is 0 Å². The second-order valence-electron chi connectivity index (χ2n) is 8.23. The van der Waals surface area contributed by atoms with Gasteiger partial charge in [0.15, 0.2) is 0 Å². The molecule has 0 radical (unpaired) electrons. The van der Waals surface area contributed by atoms with Crippen molar-refractivity contribution in [3.05, 3.63) is 101 Å². The second-order valence-corrected chi connectivity index (χ2v) is 8.23. The van der Waals surface area contributed by atoms with E-state index in [2.05, 4.69) is 98.6 Å². The van der Waals surface area contributed by atoms with E-state index >= 15 is 0 Å². The molecule has 0 saturated carbocycles. The number of H-pyrrole nitrogens is 1. The van der Waals surface area contributed by atoms with Crippen molar-refractivity contribution in [1.82, 2.24) is 19.8 Å². The summed E-state index contributed by atoms with van der Waals surface area (Å²) in [5.74, 6) is 0.619. The number of imidazole rings is 1. The Morgan fingerprint density at radius 2 is 1.48 bits per heavy atom. The largest absolute Gasteiger partial charge is 0.388 e. The molecule has 0 atom stereocenters. The number of nitrogens with zero attached hydrogens (tertiary/aromatic N) is 3. The van der Waals surface area contributed by atoms with Crippen LogP contribution in [0.25, 0.3) is 11.0 Å². The van der Waals surface area contributed by atoms with Crippen molar-refractivity contribution in [2.24, 2.45) is 0 Å². The molecule has 5 nitrogen and oxygen atoms in total. The summed E-state index contributed by atoms with van der Waals surface area (Å²) < 4.78 is 0. The topological polar surface area (TPSA) is 55.4 Å². The van der Waals surface area contributed by atoms with Gasteiger partial charge in [-0.3, -0.25) is 9.80 Å². The summed E-state index contributed by atoms with van der Waals surface area (Å²) in [6.45, 7) is 5.01. The smallest absolute Gasteiger partial charge is 0.133 e. The molecule has 5 rings (SSSR count). The zero-order valence-corrected chi connectivity index (χ0v) is 17.6. The lowest BCUT2D eigenvalue weighted by atomic mass is 9.96. The van der Waals surface area contributed by atoms with E-state index in [-0.39, 0.29) is 6.61 Å². The predicted octanol–water partition coefficient (Wildman–Crippen LogP) is 3.96. The summed E-state index contributed by atoms with van der Waals surface area (Å²) in [7, 11) is 0. The van der Waals surface area contributed by atoms with Gasteiger partial charge in [-0.1, -0.05) is 66.7 Å². The fourth-order valence-electron chi connectivity index (χ4n) is 4.60. The summed E-state index contributed by atoms with van der Waals surface area (Å²) in [4.78, 5) is 12.7. The first-order valence-corrected chi connectivity index (χ1v) is 10.9. The van der Waals surface area contributed by atoms with E-state index in [1.165, 1.54) is 16.7 Å². The monoisotopic (exact) mass is 412 g/mol. The molecule has 1 aromatic heterocycles. The summed E-state index contributed by atoms with van der Waals surface area (Å²) in [6.07, 6.45) is 0. The molecule has 0 aliphatic carbocycles. The maximum absolute atomic E-state index is 9.30. The molecule has 3 aromatic carbocycles. The lowest BCUT2D eigenvalue weighted by Gasteiger charge is -2.39. The van der Waals surface area contributed by atoms with E-state index in [4.69, 9.17) is 0 Å². The maximum Gasteiger partial charge on any atom is 0.133 e. The summed E-state index contributed by atoms with van der Waals surface area (Å²) in [6, 6.07) is 28.3. The molecular weight excluding hydrogens is 384 g/mol. The van der Waals surface area contributed by atoms with Crippen molar-refractivity contribution < 1.29 is 5.11 Å². The highest BCUT2D eigenvalue weighted by atomic mass is 16.3. The number of benzene rings is 3. The predicted molar refractivity (Wildman–Crippen MR) is 124 cm³/mol. The van der Waals surface area contributed by atoms with Crippen LogP contribution in [0, 0.1) is 0 Å². The van der Waals surface area contributed by atoms with Gasteiger partial charge < -0.3 is 10.1 Å². The number of aromatic nitrogens is 2. The standard InChI is InChI=1S/C26H28N4O/c31-19-25-27-23-12-11-20(17-24(23)28-25)18-29-13-15-30(16-14-29)26(21-7-3-1-4-8-21)22-9-5-2-6-10-22/h1-12,17,26,31H,13-16,18-19H2,(H,27,28). The highest BCUT2D eigenvalue weighted by molar-refractivity contribution is 5.75. The molecule has 1 aliphatic heterocycles. The molecule has 0 spiro atoms. The summed E-state index contributed by atoms with van der Waals surface area (Å²) in [5, 5.41) is 9.30. The number of aromatic amines is 1. The van der Waals surface area contributed by atoms with Crippen LogP contribution in [0.3, 0.4) is 0 Å². The molecule has 2 heterocycles. The first-order valence-electron chi connectivity index (χ1n) is 10.9. The molecule has 1 fully saturated rings. The van der Waals surface area contributed by atoms with Gasteiger partial charge in [0.25, 0.3) is 0 Å². The van der Waals surface area contributed by atoms with Crippen LogP contribution in [0.4, 0.5) is 0 Å². The molecule has 1 aliphatic rings. The van der Waals surface area contributed by atoms with Gasteiger partial charge >= 0.3 is 0 Å². The molecule has 1 saturated heterocycles. The lowest BCUT2D eigenvalue weighted by molar-refractivity contribution is 0.105. The first kappa shape index (κ1) is 19.9. The van der Waals surface area contributed by atoms with Crippen molar-refractivity contribution >= 4 is 11.0 Å². The molecule has 4 aromatic rings. The molecule has 0 bridgehead atoms. The van der Waals surface area contributed by atoms with Crippen LogP contribution < -0.4 is 0 Å². The maximum atomic E-state index is 9.30. The number of aliphatic hydroxyl groups is 1. The van der Waals surface area contributed by atoms with Gasteiger partial charge in [0, 0.05) is 32.7 Å². The number of fused-ring (bicyclic) bond motifs is 1. The third-order valence-corrected chi connectivity index (χ3v) is 6.16. The van der Waals surface area contributed by atoms with E-state index in [0.29, 0.717) is 11.9 Å². The minimum atomic E-state index is -0.0596. The molecule has 5 heteroatoms. The van der Waals surface area contributed by atoms with E-state index < -0.39 is 0 Å². The van der Waals surface area contributed by atoms with Gasteiger partial charge in [-0.25, -0.2) is 4.98 Å². The Kier molecular flexibility index (Phi) is 5.80. The first-order chi connectivity index (χ1) is 15.3. The van der Waals surface area contributed by atoms with Crippen molar-refractivity contribution in [1.29, 1.82) is 0 Å². The SMILES string of the molecule is OCc1nc2cc(CN3CCN(C(c4ccccc4)c4ccccc4)CC3)ccc2[nH]1. The lowest BCUT2D eigenvalue weighted by Crippen LogP contribution is -2.47. The Balaban J connectivity index is 1.28. The van der Waals surface area contributed by atoms with Crippen LogP contribution in [-0.2, 0) is 13.2 Å². The third kappa shape index (κ3) is 4.39. The number of aliphatic hydroxyl groups excluding tert-OH is 1. The van der Waals surface area contributed by atoms with Gasteiger partial charge in [-0.15, -0.1) is 0 Å². The van der Waals surface area contributed by atoms with Crippen LogP contribution in [0.2, 0.25) is 0 Å². The van der Waals surface area contributed by atoms with Crippen LogP contribution in [0.15, 0.2) is 78.9 Å². The van der Waals surface area contributed by atoms with E-state index in [9.17, 15) is 5.11 Å². The van der Waals surface area contributed by atoms with Gasteiger partial charge in [0.1, 0.15) is 12.4 Å². The van der Waals surface area contributed by atoms with Gasteiger partial charge in [0.05, 0.1) is 17.1 Å². The number of hydrogen-bond donors (Lipinski definition) is 2. The highest BCUT2D eigenvalue weighted by Gasteiger charge is 2.26. The number of nitrogens with one attached hydrogen (secondary N) is 1. The Hall–Kier alpha value is -2.99. The van der Waals surface area contributed by atoms with Crippen LogP contribution in [0.5, 0.6) is 0 Å². The van der Waals surface area contributed by atoms with Gasteiger partial charge in [-0.05, 0) is 28.8 Å². The number of rotatable bonds is 6. The van der Waals surface area contributed by atoms with Crippen molar-refractivity contribution in [3.8, 4) is 0 Å². The van der Waals surface area contributed by atoms with E-state index in [1.54, 1.807) is 0 Å². The minimum absolute atomic E-state index is 0.0596. The molecular formula is C26H28N4O. The summed E-state index contributed by atoms with van der Waals surface area (Å²) in [5.41, 5.74) is 5.87. The Morgan fingerprint density at radius 3 is 2.10 bits per heavy atom. The molecule has 2 N–H and O–H groups in total. The van der Waals surface area contributed by atoms with Crippen molar-refractivity contribution in [3.63, 3.8) is 0 Å². The average molecular weight is 413 g/mol. The fraction of sp³-hybridized carbons (Fsp3) is 0.269. The summed E-state index contributed by atoms with van der Waals surface area (Å²) >= 11 is 0. The third-order valence-electron chi connectivity index (χ3n) is 6.16. The quantitative estimate of drug-likeness (QED) is 0.503. The Labute approximate surface area is 183 Å². The average Bonchev–Trinajstić information content (AvgIpc) is 3.24. The Bertz CT molecular complexity index is 1080. The zero-order chi connectivity index (χ0) is 21.0. The second kappa shape index (κ2) is 9.02. The van der Waals surface area contributed by atoms with Gasteiger partial charge in [0.2, 0.25) is 0 Å². The normalized spacial score (nSPS) is 15.7. The Morgan fingerprint density at radius 1 is 0.839 bits per heavy atom. The van der Waals surface area contributed by atoms with Gasteiger partial charge in [-0.2, -0.15) is 0 Å². The minimum Gasteiger partial charge on any atom is -0.388 e. The number of hydrogen-bond acceptors (Lipinski definition) is 4. The molecule has 0 amide bonds. The highest BCUT2D eigenvalue weighted by Crippen LogP contribution is 2.29. The molecule has 31 heavy (non-hydrogen) atoms. The fourth-order valence-corrected chi connectivity index (χ4v) is 4.60. The van der Waals surface area contributed by atoms with Crippen LogP contribution in [0.1, 0.15) is 28.6 Å². The zero-order valence-electron chi connectivity index (χ0n) is 17.6.